The summed E-state index contributed by atoms with van der Waals surface area (Å²) in [4.78, 5) is 28.2. The van der Waals surface area contributed by atoms with E-state index in [0.717, 1.165) is 26.6 Å². The summed E-state index contributed by atoms with van der Waals surface area (Å²) >= 11 is 0. The molecule has 0 aromatic heterocycles. The Hall–Kier alpha value is -3.65. The molecule has 0 saturated carbocycles. The fourth-order valence-corrected chi connectivity index (χ4v) is 5.67. The average molecular weight is 522 g/mol. The molecule has 3 rings (SSSR count). The van der Waals surface area contributed by atoms with Crippen molar-refractivity contribution in [3.8, 4) is 0 Å². The van der Waals surface area contributed by atoms with E-state index in [4.69, 9.17) is 0 Å². The molecule has 2 amide bonds. The van der Waals surface area contributed by atoms with Gasteiger partial charge in [-0.1, -0.05) is 54.1 Å². The molecule has 0 aliphatic heterocycles. The Morgan fingerprint density at radius 3 is 2.11 bits per heavy atom. The second-order valence-electron chi connectivity index (χ2n) is 9.25. The molecule has 0 bridgehead atoms. The van der Waals surface area contributed by atoms with Gasteiger partial charge in [0.25, 0.3) is 10.0 Å². The molecule has 0 aliphatic carbocycles. The van der Waals surface area contributed by atoms with Gasteiger partial charge in [-0.3, -0.25) is 13.9 Å². The van der Waals surface area contributed by atoms with Gasteiger partial charge in [0.2, 0.25) is 11.8 Å². The zero-order valence-electron chi connectivity index (χ0n) is 22.1. The Balaban J connectivity index is 2.05. The van der Waals surface area contributed by atoms with Crippen LogP contribution in [0.3, 0.4) is 0 Å². The highest BCUT2D eigenvalue weighted by molar-refractivity contribution is 7.92. The van der Waals surface area contributed by atoms with Crippen molar-refractivity contribution in [3.63, 3.8) is 0 Å². The van der Waals surface area contributed by atoms with Crippen LogP contribution in [-0.2, 0) is 26.2 Å². The second-order valence-corrected chi connectivity index (χ2v) is 11.1. The number of likely N-dealkylation sites (N-methyl/N-ethyl adjacent to an activating group) is 1. The van der Waals surface area contributed by atoms with Crippen LogP contribution in [-0.4, -0.2) is 44.3 Å². The summed E-state index contributed by atoms with van der Waals surface area (Å²) in [6.07, 6.45) is 0. The van der Waals surface area contributed by atoms with Crippen molar-refractivity contribution in [1.29, 1.82) is 0 Å². The quantitative estimate of drug-likeness (QED) is 0.430. The highest BCUT2D eigenvalue weighted by Crippen LogP contribution is 2.26. The zero-order chi connectivity index (χ0) is 27.2. The lowest BCUT2D eigenvalue weighted by Crippen LogP contribution is -2.51. The summed E-state index contributed by atoms with van der Waals surface area (Å²) in [5.41, 5.74) is 4.04. The van der Waals surface area contributed by atoms with Gasteiger partial charge in [-0.25, -0.2) is 8.42 Å². The number of carbonyl (C=O) groups excluding carboxylic acids is 2. The number of nitrogens with one attached hydrogen (secondary N) is 1. The minimum absolute atomic E-state index is 0.0870. The Kier molecular flexibility index (Phi) is 9.10. The van der Waals surface area contributed by atoms with Gasteiger partial charge in [-0.15, -0.1) is 0 Å². The van der Waals surface area contributed by atoms with Crippen molar-refractivity contribution in [2.45, 2.75) is 52.1 Å². The molecule has 0 unspecified atom stereocenters. The van der Waals surface area contributed by atoms with Crippen molar-refractivity contribution in [2.24, 2.45) is 0 Å². The monoisotopic (exact) mass is 521 g/mol. The fourth-order valence-electron chi connectivity index (χ4n) is 4.25. The van der Waals surface area contributed by atoms with E-state index in [1.165, 1.54) is 17.0 Å². The minimum Gasteiger partial charge on any atom is -0.355 e. The molecule has 0 aliphatic rings. The first-order chi connectivity index (χ1) is 17.5. The van der Waals surface area contributed by atoms with Crippen molar-refractivity contribution in [1.82, 2.24) is 10.2 Å². The molecular formula is C29H35N3O4S. The Bertz CT molecular complexity index is 1340. The molecule has 37 heavy (non-hydrogen) atoms. The summed E-state index contributed by atoms with van der Waals surface area (Å²) in [5.74, 6) is -0.772. The maximum atomic E-state index is 13.9. The SMILES string of the molecule is CCNC(=O)[C@@H](C)N(Cc1cccc(C)c1)C(=O)CN(c1cc(C)cc(C)c1)S(=O)(=O)c1ccccc1. The predicted molar refractivity (Wildman–Crippen MR) is 147 cm³/mol. The van der Waals surface area contributed by atoms with Gasteiger partial charge in [0.15, 0.2) is 0 Å². The van der Waals surface area contributed by atoms with Gasteiger partial charge in [0.05, 0.1) is 10.6 Å². The zero-order valence-corrected chi connectivity index (χ0v) is 22.9. The van der Waals surface area contributed by atoms with Crippen LogP contribution in [0.2, 0.25) is 0 Å². The Morgan fingerprint density at radius 1 is 0.865 bits per heavy atom. The van der Waals surface area contributed by atoms with Crippen molar-refractivity contribution in [2.75, 3.05) is 17.4 Å². The molecule has 8 heteroatoms. The predicted octanol–water partition coefficient (Wildman–Crippen LogP) is 4.36. The molecule has 0 heterocycles. The topological polar surface area (TPSA) is 86.8 Å². The first kappa shape index (κ1) is 27.9. The number of anilines is 1. The summed E-state index contributed by atoms with van der Waals surface area (Å²) in [6.45, 7) is 9.33. The van der Waals surface area contributed by atoms with Crippen molar-refractivity contribution < 1.29 is 18.0 Å². The van der Waals surface area contributed by atoms with Gasteiger partial charge in [0.1, 0.15) is 12.6 Å². The van der Waals surface area contributed by atoms with Crippen LogP contribution >= 0.6 is 0 Å². The van der Waals surface area contributed by atoms with E-state index in [0.29, 0.717) is 12.2 Å². The van der Waals surface area contributed by atoms with Crippen LogP contribution in [0.4, 0.5) is 5.69 Å². The van der Waals surface area contributed by atoms with Crippen LogP contribution in [0.5, 0.6) is 0 Å². The Morgan fingerprint density at radius 2 is 1.51 bits per heavy atom. The summed E-state index contributed by atoms with van der Waals surface area (Å²) in [5, 5.41) is 2.77. The molecule has 1 atom stereocenters. The molecule has 3 aromatic rings. The minimum atomic E-state index is -4.07. The van der Waals surface area contributed by atoms with Crippen LogP contribution in [0.25, 0.3) is 0 Å². The van der Waals surface area contributed by atoms with E-state index in [1.54, 1.807) is 37.3 Å². The number of rotatable bonds is 10. The number of aryl methyl sites for hydroxylation is 3. The van der Waals surface area contributed by atoms with E-state index >= 15 is 0 Å². The number of benzene rings is 3. The van der Waals surface area contributed by atoms with Gasteiger partial charge in [0, 0.05) is 13.1 Å². The van der Waals surface area contributed by atoms with Crippen molar-refractivity contribution in [3.05, 3.63) is 95.1 Å². The highest BCUT2D eigenvalue weighted by Gasteiger charge is 2.32. The molecule has 0 radical (unpaired) electrons. The summed E-state index contributed by atoms with van der Waals surface area (Å²) < 4.78 is 28.7. The molecule has 0 fully saturated rings. The largest absolute Gasteiger partial charge is 0.355 e. The molecule has 1 N–H and O–H groups in total. The van der Waals surface area contributed by atoms with E-state index < -0.39 is 28.5 Å². The summed E-state index contributed by atoms with van der Waals surface area (Å²) in [6, 6.07) is 20.4. The van der Waals surface area contributed by atoms with Crippen LogP contribution in [0, 0.1) is 20.8 Å². The van der Waals surface area contributed by atoms with Gasteiger partial charge >= 0.3 is 0 Å². The van der Waals surface area contributed by atoms with Crippen molar-refractivity contribution >= 4 is 27.5 Å². The molecular weight excluding hydrogens is 486 g/mol. The van der Waals surface area contributed by atoms with Crippen LogP contribution in [0.1, 0.15) is 36.1 Å². The smallest absolute Gasteiger partial charge is 0.264 e. The van der Waals surface area contributed by atoms with Crippen LogP contribution in [0.15, 0.2) is 77.7 Å². The first-order valence-electron chi connectivity index (χ1n) is 12.3. The standard InChI is InChI=1S/C29H35N3O4S/c1-6-30-29(34)24(5)31(19-25-12-10-11-21(2)16-25)28(33)20-32(26-17-22(3)15-23(4)18-26)37(35,36)27-13-8-7-9-14-27/h7-18,24H,6,19-20H2,1-5H3,(H,30,34)/t24-/m1/s1. The fraction of sp³-hybridized carbons (Fsp3) is 0.310. The van der Waals surface area contributed by atoms with Gasteiger partial charge in [-0.05, 0) is 75.6 Å². The van der Waals surface area contributed by atoms with Gasteiger partial charge in [-0.2, -0.15) is 0 Å². The van der Waals surface area contributed by atoms with E-state index in [2.05, 4.69) is 5.32 Å². The Labute approximate surface area is 220 Å². The van der Waals surface area contributed by atoms with Gasteiger partial charge < -0.3 is 10.2 Å². The number of hydrogen-bond acceptors (Lipinski definition) is 4. The number of amides is 2. The molecule has 3 aromatic carbocycles. The first-order valence-corrected chi connectivity index (χ1v) is 13.8. The van der Waals surface area contributed by atoms with Crippen LogP contribution < -0.4 is 9.62 Å². The third kappa shape index (κ3) is 6.98. The molecule has 0 spiro atoms. The third-order valence-corrected chi connectivity index (χ3v) is 7.85. The lowest BCUT2D eigenvalue weighted by Gasteiger charge is -2.32. The molecule has 7 nitrogen and oxygen atoms in total. The number of hydrogen-bond donors (Lipinski definition) is 1. The lowest BCUT2D eigenvalue weighted by molar-refractivity contribution is -0.139. The molecule has 0 saturated heterocycles. The molecule has 196 valence electrons. The number of carbonyl (C=O) groups is 2. The number of sulfonamides is 1. The third-order valence-electron chi connectivity index (χ3n) is 6.06. The lowest BCUT2D eigenvalue weighted by atomic mass is 10.1. The van der Waals surface area contributed by atoms with E-state index in [1.807, 2.05) is 58.0 Å². The van der Waals surface area contributed by atoms with E-state index in [9.17, 15) is 18.0 Å². The average Bonchev–Trinajstić information content (AvgIpc) is 2.85. The summed E-state index contributed by atoms with van der Waals surface area (Å²) in [7, 11) is -4.07. The maximum absolute atomic E-state index is 13.9. The maximum Gasteiger partial charge on any atom is 0.264 e. The highest BCUT2D eigenvalue weighted by atomic mass is 32.2. The van der Waals surface area contributed by atoms with E-state index in [-0.39, 0.29) is 17.3 Å². The normalized spacial score (nSPS) is 12.0. The number of nitrogens with zero attached hydrogens (tertiary/aromatic N) is 2. The second kappa shape index (κ2) is 12.1.